The van der Waals surface area contributed by atoms with Crippen LogP contribution in [-0.4, -0.2) is 24.3 Å². The molecular formula is C22H25N3O3. The fourth-order valence-corrected chi connectivity index (χ4v) is 2.79. The Kier molecular flexibility index (Phi) is 6.42. The molecule has 0 spiro atoms. The van der Waals surface area contributed by atoms with E-state index in [1.165, 1.54) is 0 Å². The first-order valence-corrected chi connectivity index (χ1v) is 9.57. The van der Waals surface area contributed by atoms with Gasteiger partial charge in [-0.25, -0.2) is 0 Å². The van der Waals surface area contributed by atoms with Gasteiger partial charge in [-0.1, -0.05) is 24.3 Å². The van der Waals surface area contributed by atoms with Gasteiger partial charge in [-0.15, -0.1) is 0 Å². The number of hydrogen-bond acceptors (Lipinski definition) is 3. The molecule has 6 nitrogen and oxygen atoms in total. The summed E-state index contributed by atoms with van der Waals surface area (Å²) in [4.78, 5) is 36.0. The standard InChI is InChI=1S/C22H25N3O3/c1-15-9-12-18(24-22(28)16-6-3-2-4-7-16)14-19(15)25-20(26)8-5-13-23-21(27)17-10-11-17/h2-4,6-7,9,12,14,17H,5,8,10-11,13H2,1H3,(H,23,27)(H,24,28)(H,25,26). The summed E-state index contributed by atoms with van der Waals surface area (Å²) in [5.74, 6) is -0.0353. The maximum absolute atomic E-state index is 12.3. The third-order valence-electron chi connectivity index (χ3n) is 4.63. The molecule has 0 aliphatic heterocycles. The second-order valence-corrected chi connectivity index (χ2v) is 7.07. The molecule has 1 aliphatic carbocycles. The number of anilines is 2. The van der Waals surface area contributed by atoms with Gasteiger partial charge in [0, 0.05) is 35.8 Å². The molecule has 6 heteroatoms. The first-order valence-electron chi connectivity index (χ1n) is 9.57. The second-order valence-electron chi connectivity index (χ2n) is 7.07. The minimum absolute atomic E-state index is 0.0955. The van der Waals surface area contributed by atoms with E-state index in [9.17, 15) is 14.4 Å². The molecule has 0 bridgehead atoms. The topological polar surface area (TPSA) is 87.3 Å². The SMILES string of the molecule is Cc1ccc(NC(=O)c2ccccc2)cc1NC(=O)CCCNC(=O)C1CC1. The molecule has 0 unspecified atom stereocenters. The maximum atomic E-state index is 12.3. The predicted molar refractivity (Wildman–Crippen MR) is 109 cm³/mol. The van der Waals surface area contributed by atoms with Gasteiger partial charge in [0.1, 0.15) is 0 Å². The lowest BCUT2D eigenvalue weighted by Gasteiger charge is -2.12. The van der Waals surface area contributed by atoms with Crippen molar-refractivity contribution in [3.63, 3.8) is 0 Å². The van der Waals surface area contributed by atoms with Crippen LogP contribution >= 0.6 is 0 Å². The molecule has 0 atom stereocenters. The molecule has 3 amide bonds. The molecule has 146 valence electrons. The normalized spacial score (nSPS) is 12.9. The number of carbonyl (C=O) groups is 3. The Hall–Kier alpha value is -3.15. The van der Waals surface area contributed by atoms with E-state index in [0.717, 1.165) is 18.4 Å². The highest BCUT2D eigenvalue weighted by molar-refractivity contribution is 6.04. The fourth-order valence-electron chi connectivity index (χ4n) is 2.79. The number of hydrogen-bond donors (Lipinski definition) is 3. The number of rotatable bonds is 8. The lowest BCUT2D eigenvalue weighted by atomic mass is 10.1. The Morgan fingerprint density at radius 2 is 1.75 bits per heavy atom. The highest BCUT2D eigenvalue weighted by atomic mass is 16.2. The Balaban J connectivity index is 1.50. The van der Waals surface area contributed by atoms with Crippen molar-refractivity contribution in [1.29, 1.82) is 0 Å². The fraction of sp³-hybridized carbons (Fsp3) is 0.318. The van der Waals surface area contributed by atoms with Gasteiger partial charge in [0.15, 0.2) is 0 Å². The van der Waals surface area contributed by atoms with Crippen molar-refractivity contribution in [2.75, 3.05) is 17.2 Å². The van der Waals surface area contributed by atoms with Gasteiger partial charge in [0.05, 0.1) is 0 Å². The van der Waals surface area contributed by atoms with Crippen LogP contribution in [0.15, 0.2) is 48.5 Å². The molecule has 3 rings (SSSR count). The van der Waals surface area contributed by atoms with Crippen LogP contribution in [0, 0.1) is 12.8 Å². The maximum Gasteiger partial charge on any atom is 0.255 e. The summed E-state index contributed by atoms with van der Waals surface area (Å²) in [5, 5.41) is 8.58. The van der Waals surface area contributed by atoms with Crippen LogP contribution in [0.4, 0.5) is 11.4 Å². The second kappa shape index (κ2) is 9.17. The summed E-state index contributed by atoms with van der Waals surface area (Å²) in [5.41, 5.74) is 2.76. The summed E-state index contributed by atoms with van der Waals surface area (Å²) in [6, 6.07) is 14.4. The first kappa shape index (κ1) is 19.6. The smallest absolute Gasteiger partial charge is 0.255 e. The molecular weight excluding hydrogens is 354 g/mol. The van der Waals surface area contributed by atoms with Gasteiger partial charge >= 0.3 is 0 Å². The van der Waals surface area contributed by atoms with Gasteiger partial charge in [0.25, 0.3) is 5.91 Å². The van der Waals surface area contributed by atoms with Crippen LogP contribution in [-0.2, 0) is 9.59 Å². The zero-order valence-electron chi connectivity index (χ0n) is 16.0. The van der Waals surface area contributed by atoms with E-state index in [1.807, 2.05) is 31.2 Å². The largest absolute Gasteiger partial charge is 0.356 e. The van der Waals surface area contributed by atoms with E-state index < -0.39 is 0 Å². The zero-order chi connectivity index (χ0) is 19.9. The minimum atomic E-state index is -0.201. The van der Waals surface area contributed by atoms with Crippen molar-refractivity contribution < 1.29 is 14.4 Å². The van der Waals surface area contributed by atoms with Crippen LogP contribution in [0.25, 0.3) is 0 Å². The van der Waals surface area contributed by atoms with Crippen molar-refractivity contribution in [1.82, 2.24) is 5.32 Å². The van der Waals surface area contributed by atoms with Crippen molar-refractivity contribution >= 4 is 29.1 Å². The van der Waals surface area contributed by atoms with E-state index in [0.29, 0.717) is 36.3 Å². The molecule has 28 heavy (non-hydrogen) atoms. The number of benzene rings is 2. The van der Waals surface area contributed by atoms with Gasteiger partial charge in [-0.2, -0.15) is 0 Å². The first-order chi connectivity index (χ1) is 13.5. The molecule has 2 aromatic rings. The Bertz CT molecular complexity index is 861. The zero-order valence-corrected chi connectivity index (χ0v) is 16.0. The average molecular weight is 379 g/mol. The average Bonchev–Trinajstić information content (AvgIpc) is 3.54. The molecule has 0 radical (unpaired) electrons. The Labute approximate surface area is 164 Å². The van der Waals surface area contributed by atoms with E-state index in [1.54, 1.807) is 24.3 Å². The van der Waals surface area contributed by atoms with Crippen LogP contribution in [0.5, 0.6) is 0 Å². The number of carbonyl (C=O) groups excluding carboxylic acids is 3. The van der Waals surface area contributed by atoms with Gasteiger partial charge in [-0.3, -0.25) is 14.4 Å². The van der Waals surface area contributed by atoms with E-state index in [-0.39, 0.29) is 23.6 Å². The van der Waals surface area contributed by atoms with Gasteiger partial charge in [-0.05, 0) is 56.0 Å². The quantitative estimate of drug-likeness (QED) is 0.614. The molecule has 1 saturated carbocycles. The molecule has 1 fully saturated rings. The Morgan fingerprint density at radius 3 is 2.46 bits per heavy atom. The molecule has 0 heterocycles. The third kappa shape index (κ3) is 5.67. The predicted octanol–water partition coefficient (Wildman–Crippen LogP) is 3.49. The number of aryl methyl sites for hydroxylation is 1. The molecule has 3 N–H and O–H groups in total. The number of nitrogens with one attached hydrogen (secondary N) is 3. The molecule has 1 aliphatic rings. The monoisotopic (exact) mass is 379 g/mol. The van der Waals surface area contributed by atoms with Gasteiger partial charge in [0.2, 0.25) is 11.8 Å². The van der Waals surface area contributed by atoms with Crippen molar-refractivity contribution in [3.8, 4) is 0 Å². The van der Waals surface area contributed by atoms with E-state index in [2.05, 4.69) is 16.0 Å². The van der Waals surface area contributed by atoms with Crippen molar-refractivity contribution in [2.45, 2.75) is 32.6 Å². The van der Waals surface area contributed by atoms with Crippen LogP contribution < -0.4 is 16.0 Å². The van der Waals surface area contributed by atoms with E-state index in [4.69, 9.17) is 0 Å². The summed E-state index contributed by atoms with van der Waals surface area (Å²) in [7, 11) is 0. The molecule has 0 aromatic heterocycles. The lowest BCUT2D eigenvalue weighted by Crippen LogP contribution is -2.26. The van der Waals surface area contributed by atoms with Crippen molar-refractivity contribution in [3.05, 3.63) is 59.7 Å². The molecule has 2 aromatic carbocycles. The Morgan fingerprint density at radius 1 is 1.00 bits per heavy atom. The van der Waals surface area contributed by atoms with Crippen LogP contribution in [0.2, 0.25) is 0 Å². The highest BCUT2D eigenvalue weighted by Gasteiger charge is 2.28. The highest BCUT2D eigenvalue weighted by Crippen LogP contribution is 2.28. The minimum Gasteiger partial charge on any atom is -0.356 e. The van der Waals surface area contributed by atoms with Crippen LogP contribution in [0.3, 0.4) is 0 Å². The lowest BCUT2D eigenvalue weighted by molar-refractivity contribution is -0.122. The van der Waals surface area contributed by atoms with E-state index >= 15 is 0 Å². The third-order valence-corrected chi connectivity index (χ3v) is 4.63. The van der Waals surface area contributed by atoms with Crippen molar-refractivity contribution in [2.24, 2.45) is 5.92 Å². The number of amides is 3. The summed E-state index contributed by atoms with van der Waals surface area (Å²) < 4.78 is 0. The van der Waals surface area contributed by atoms with Gasteiger partial charge < -0.3 is 16.0 Å². The summed E-state index contributed by atoms with van der Waals surface area (Å²) >= 11 is 0. The van der Waals surface area contributed by atoms with Crippen LogP contribution in [0.1, 0.15) is 41.6 Å². The summed E-state index contributed by atoms with van der Waals surface area (Å²) in [6.07, 6.45) is 2.87. The molecule has 0 saturated heterocycles. The summed E-state index contributed by atoms with van der Waals surface area (Å²) in [6.45, 7) is 2.41.